The van der Waals surface area contributed by atoms with Crippen molar-refractivity contribution in [3.63, 3.8) is 0 Å². The normalized spacial score (nSPS) is 22.5. The van der Waals surface area contributed by atoms with E-state index in [-0.39, 0.29) is 12.1 Å². The number of hydrogen-bond donors (Lipinski definition) is 2. The maximum atomic E-state index is 10.2. The van der Waals surface area contributed by atoms with E-state index in [9.17, 15) is 10.4 Å². The molecule has 2 atom stereocenters. The summed E-state index contributed by atoms with van der Waals surface area (Å²) in [5.74, 6) is 0.585. The van der Waals surface area contributed by atoms with Crippen LogP contribution in [0.4, 0.5) is 5.82 Å². The molecule has 0 bridgehead atoms. The van der Waals surface area contributed by atoms with Crippen molar-refractivity contribution in [1.82, 2.24) is 4.98 Å². The van der Waals surface area contributed by atoms with Crippen LogP contribution in [0.15, 0.2) is 30.3 Å². The molecule has 1 heterocycles. The predicted octanol–water partition coefficient (Wildman–Crippen LogP) is 3.21. The molecule has 1 aliphatic rings. The second kappa shape index (κ2) is 6.11. The Labute approximate surface area is 124 Å². The first kappa shape index (κ1) is 13.8. The number of hydrogen-bond acceptors (Lipinski definition) is 4. The Balaban J connectivity index is 1.93. The van der Waals surface area contributed by atoms with Gasteiger partial charge in [0.2, 0.25) is 0 Å². The Morgan fingerprint density at radius 1 is 1.19 bits per heavy atom. The van der Waals surface area contributed by atoms with E-state index >= 15 is 0 Å². The quantitative estimate of drug-likeness (QED) is 0.829. The van der Waals surface area contributed by atoms with Crippen LogP contribution >= 0.6 is 0 Å². The average Bonchev–Trinajstić information content (AvgIpc) is 2.71. The number of aliphatic hydroxyl groups excluding tert-OH is 1. The van der Waals surface area contributed by atoms with Gasteiger partial charge in [0.25, 0.3) is 0 Å². The lowest BCUT2D eigenvalue weighted by Gasteiger charge is -2.23. The van der Waals surface area contributed by atoms with E-state index in [0.29, 0.717) is 11.4 Å². The fourth-order valence-electron chi connectivity index (χ4n) is 2.94. The molecule has 2 aromatic rings. The minimum atomic E-state index is -0.368. The molecule has 0 amide bonds. The van der Waals surface area contributed by atoms with Gasteiger partial charge in [0.05, 0.1) is 23.2 Å². The summed E-state index contributed by atoms with van der Waals surface area (Å²) in [6.07, 6.45) is 4.69. The summed E-state index contributed by atoms with van der Waals surface area (Å²) in [7, 11) is 0. The third-order valence-electron chi connectivity index (χ3n) is 4.15. The van der Waals surface area contributed by atoms with Crippen LogP contribution < -0.4 is 5.32 Å². The molecule has 0 radical (unpaired) electrons. The highest BCUT2D eigenvalue weighted by Crippen LogP contribution is 2.24. The molecule has 4 heteroatoms. The summed E-state index contributed by atoms with van der Waals surface area (Å²) in [4.78, 5) is 4.56. The van der Waals surface area contributed by atoms with Crippen molar-refractivity contribution in [2.24, 2.45) is 0 Å². The van der Waals surface area contributed by atoms with Gasteiger partial charge in [-0.1, -0.05) is 37.5 Å². The Bertz CT molecular complexity index is 677. The van der Waals surface area contributed by atoms with E-state index in [1.165, 1.54) is 0 Å². The number of aromatic nitrogens is 1. The Kier molecular flexibility index (Phi) is 4.03. The number of para-hydroxylation sites is 1. The summed E-state index contributed by atoms with van der Waals surface area (Å²) < 4.78 is 0. The summed E-state index contributed by atoms with van der Waals surface area (Å²) in [6.45, 7) is 0. The van der Waals surface area contributed by atoms with Gasteiger partial charge >= 0.3 is 0 Å². The first-order valence-electron chi connectivity index (χ1n) is 7.52. The summed E-state index contributed by atoms with van der Waals surface area (Å²) in [5, 5.41) is 23.8. The number of fused-ring (bicyclic) bond motifs is 1. The zero-order valence-electron chi connectivity index (χ0n) is 11.9. The Morgan fingerprint density at radius 3 is 2.86 bits per heavy atom. The molecule has 4 nitrogen and oxygen atoms in total. The molecule has 1 saturated carbocycles. The molecule has 1 fully saturated rings. The topological polar surface area (TPSA) is 68.9 Å². The van der Waals surface area contributed by atoms with E-state index in [1.54, 1.807) is 0 Å². The molecule has 1 aromatic heterocycles. The summed E-state index contributed by atoms with van der Waals surface area (Å²) in [6, 6.07) is 11.8. The van der Waals surface area contributed by atoms with Gasteiger partial charge < -0.3 is 10.4 Å². The number of rotatable bonds is 2. The third-order valence-corrected chi connectivity index (χ3v) is 4.15. The van der Waals surface area contributed by atoms with Crippen molar-refractivity contribution in [3.05, 3.63) is 35.9 Å². The molecule has 2 N–H and O–H groups in total. The van der Waals surface area contributed by atoms with Gasteiger partial charge in [-0.15, -0.1) is 0 Å². The predicted molar refractivity (Wildman–Crippen MR) is 83.0 cm³/mol. The van der Waals surface area contributed by atoms with Gasteiger partial charge in [-0.2, -0.15) is 5.26 Å². The number of nitriles is 1. The maximum absolute atomic E-state index is 10.2. The zero-order chi connectivity index (χ0) is 14.7. The fourth-order valence-corrected chi connectivity index (χ4v) is 2.94. The first-order valence-corrected chi connectivity index (χ1v) is 7.52. The van der Waals surface area contributed by atoms with E-state index in [0.717, 1.165) is 43.0 Å². The highest BCUT2D eigenvalue weighted by atomic mass is 16.3. The van der Waals surface area contributed by atoms with E-state index in [4.69, 9.17) is 0 Å². The number of nitrogens with zero attached hydrogens (tertiary/aromatic N) is 2. The van der Waals surface area contributed by atoms with E-state index in [1.807, 2.05) is 30.3 Å². The second-order valence-electron chi connectivity index (χ2n) is 5.65. The van der Waals surface area contributed by atoms with Crippen molar-refractivity contribution in [2.75, 3.05) is 5.32 Å². The van der Waals surface area contributed by atoms with Gasteiger partial charge in [-0.05, 0) is 25.0 Å². The van der Waals surface area contributed by atoms with E-state index in [2.05, 4.69) is 16.4 Å². The molecule has 2 unspecified atom stereocenters. The van der Waals surface area contributed by atoms with Crippen LogP contribution in [0.3, 0.4) is 0 Å². The van der Waals surface area contributed by atoms with Gasteiger partial charge in [-0.25, -0.2) is 4.98 Å². The molecule has 0 spiro atoms. The minimum Gasteiger partial charge on any atom is -0.391 e. The smallest absolute Gasteiger partial charge is 0.144 e. The average molecular weight is 281 g/mol. The first-order chi connectivity index (χ1) is 10.3. The molecule has 1 aliphatic carbocycles. The third kappa shape index (κ3) is 2.98. The summed E-state index contributed by atoms with van der Waals surface area (Å²) in [5.41, 5.74) is 1.40. The molecular formula is C17H19N3O. The van der Waals surface area contributed by atoms with Crippen molar-refractivity contribution in [2.45, 2.75) is 44.2 Å². The standard InChI is InChI=1S/C17H19N3O/c18-11-13-10-12-6-4-5-7-14(12)19-17(13)20-15-8-2-1-3-9-16(15)21/h4-7,10,15-16,21H,1-3,8-9H2,(H,19,20). The molecule has 1 aromatic carbocycles. The Hall–Kier alpha value is -2.12. The van der Waals surface area contributed by atoms with Crippen LogP contribution in [0.25, 0.3) is 10.9 Å². The fraction of sp³-hybridized carbons (Fsp3) is 0.412. The van der Waals surface area contributed by atoms with Gasteiger partial charge in [0.1, 0.15) is 11.9 Å². The van der Waals surface area contributed by atoms with Crippen molar-refractivity contribution in [3.8, 4) is 6.07 Å². The number of pyridine rings is 1. The Morgan fingerprint density at radius 2 is 2.00 bits per heavy atom. The molecule has 3 rings (SSSR count). The van der Waals surface area contributed by atoms with Crippen molar-refractivity contribution in [1.29, 1.82) is 5.26 Å². The van der Waals surface area contributed by atoms with Gasteiger partial charge in [0.15, 0.2) is 0 Å². The van der Waals surface area contributed by atoms with Gasteiger partial charge in [-0.3, -0.25) is 0 Å². The zero-order valence-corrected chi connectivity index (χ0v) is 11.9. The number of anilines is 1. The molecule has 0 aliphatic heterocycles. The van der Waals surface area contributed by atoms with Crippen LogP contribution in [0, 0.1) is 11.3 Å². The van der Waals surface area contributed by atoms with Crippen LogP contribution in [-0.4, -0.2) is 22.2 Å². The van der Waals surface area contributed by atoms with Crippen LogP contribution in [0.5, 0.6) is 0 Å². The SMILES string of the molecule is N#Cc1cc2ccccc2nc1NC1CCCCCC1O. The molecule has 0 saturated heterocycles. The number of nitrogens with one attached hydrogen (secondary N) is 1. The summed E-state index contributed by atoms with van der Waals surface area (Å²) >= 11 is 0. The molecular weight excluding hydrogens is 262 g/mol. The lowest BCUT2D eigenvalue weighted by Crippen LogP contribution is -2.33. The number of aliphatic hydroxyl groups is 1. The lowest BCUT2D eigenvalue weighted by molar-refractivity contribution is 0.144. The van der Waals surface area contributed by atoms with Crippen LogP contribution in [0.1, 0.15) is 37.7 Å². The largest absolute Gasteiger partial charge is 0.391 e. The van der Waals surface area contributed by atoms with Crippen LogP contribution in [0.2, 0.25) is 0 Å². The minimum absolute atomic E-state index is 0.0201. The van der Waals surface area contributed by atoms with Crippen molar-refractivity contribution >= 4 is 16.7 Å². The maximum Gasteiger partial charge on any atom is 0.144 e. The van der Waals surface area contributed by atoms with Crippen LogP contribution in [-0.2, 0) is 0 Å². The molecule has 108 valence electrons. The van der Waals surface area contributed by atoms with Crippen molar-refractivity contribution < 1.29 is 5.11 Å². The second-order valence-corrected chi connectivity index (χ2v) is 5.65. The highest BCUT2D eigenvalue weighted by molar-refractivity contribution is 5.82. The highest BCUT2D eigenvalue weighted by Gasteiger charge is 2.22. The van der Waals surface area contributed by atoms with Gasteiger partial charge in [0, 0.05) is 5.39 Å². The molecule has 21 heavy (non-hydrogen) atoms. The monoisotopic (exact) mass is 281 g/mol. The number of benzene rings is 1. The van der Waals surface area contributed by atoms with E-state index < -0.39 is 0 Å². The lowest BCUT2D eigenvalue weighted by atomic mass is 10.1.